The summed E-state index contributed by atoms with van der Waals surface area (Å²) in [4.78, 5) is 20.8. The van der Waals surface area contributed by atoms with Gasteiger partial charge in [0.2, 0.25) is 0 Å². The minimum Gasteiger partial charge on any atom is -0.469 e. The lowest BCUT2D eigenvalue weighted by Gasteiger charge is -2.36. The number of hydrogen-bond donors (Lipinski definition) is 1. The van der Waals surface area contributed by atoms with E-state index in [4.69, 9.17) is 33.7 Å². The molecule has 2 fully saturated rings. The van der Waals surface area contributed by atoms with Gasteiger partial charge in [-0.15, -0.1) is 0 Å². The molecule has 1 saturated heterocycles. The van der Waals surface area contributed by atoms with Gasteiger partial charge in [0.25, 0.3) is 0 Å². The number of benzene rings is 2. The van der Waals surface area contributed by atoms with Gasteiger partial charge in [-0.25, -0.2) is 4.99 Å². The number of methoxy groups -OCH3 is 1. The Morgan fingerprint density at radius 1 is 1.15 bits per heavy atom. The number of carbonyl (C=O) groups excluding carboxylic acids is 1. The second-order valence-corrected chi connectivity index (χ2v) is 9.31. The van der Waals surface area contributed by atoms with Gasteiger partial charge >= 0.3 is 5.97 Å². The first-order valence-corrected chi connectivity index (χ1v) is 11.8. The highest BCUT2D eigenvalue weighted by atomic mass is 35.5. The molecule has 33 heavy (non-hydrogen) atoms. The van der Waals surface area contributed by atoms with Crippen LogP contribution in [0.2, 0.25) is 10.0 Å². The Kier molecular flexibility index (Phi) is 7.58. The van der Waals surface area contributed by atoms with E-state index < -0.39 is 0 Å². The fraction of sp³-hybridized carbons (Fsp3) is 0.360. The van der Waals surface area contributed by atoms with Crippen LogP contribution in [0.1, 0.15) is 12.0 Å². The van der Waals surface area contributed by atoms with Crippen LogP contribution in [0.5, 0.6) is 0 Å². The van der Waals surface area contributed by atoms with E-state index in [0.717, 1.165) is 56.1 Å². The molecule has 0 aromatic heterocycles. The first-order chi connectivity index (χ1) is 15.9. The first-order valence-electron chi connectivity index (χ1n) is 11.1. The van der Waals surface area contributed by atoms with Crippen LogP contribution in [0.15, 0.2) is 53.5 Å². The predicted molar refractivity (Wildman–Crippen MR) is 135 cm³/mol. The minimum atomic E-state index is -0.0691. The van der Waals surface area contributed by atoms with E-state index in [2.05, 4.69) is 20.9 Å². The molecule has 0 bridgehead atoms. The summed E-state index contributed by atoms with van der Waals surface area (Å²) in [7, 11) is 1.46. The SMILES string of the molecule is COC(=O)C1CC1CN1CCN(c2ccc(C=CC(N)=Nc3ccc(Cl)cc3)c(Cl)c2)CC1. The number of esters is 1. The van der Waals surface area contributed by atoms with Crippen molar-refractivity contribution in [3.63, 3.8) is 0 Å². The average Bonchev–Trinajstić information content (AvgIpc) is 3.59. The molecular formula is C25H28Cl2N4O2. The van der Waals surface area contributed by atoms with Gasteiger partial charge in [0.05, 0.1) is 18.7 Å². The van der Waals surface area contributed by atoms with Crippen molar-refractivity contribution in [2.75, 3.05) is 44.7 Å². The molecule has 2 N–H and O–H groups in total. The zero-order chi connectivity index (χ0) is 23.4. The standard InChI is InChI=1S/C25H28Cl2N4O2/c1-33-25(32)22-14-18(22)16-30-10-12-31(13-11-30)21-8-2-17(23(27)15-21)3-9-24(28)29-20-6-4-19(26)5-7-20/h2-9,15,18,22H,10-14,16H2,1H3,(H2,28,29). The third-order valence-corrected chi connectivity index (χ3v) is 6.74. The van der Waals surface area contributed by atoms with Gasteiger partial charge < -0.3 is 15.4 Å². The van der Waals surface area contributed by atoms with Gasteiger partial charge in [0.15, 0.2) is 0 Å². The molecule has 1 aliphatic heterocycles. The molecule has 0 radical (unpaired) electrons. The van der Waals surface area contributed by atoms with Gasteiger partial charge in [-0.2, -0.15) is 0 Å². The zero-order valence-electron chi connectivity index (χ0n) is 18.6. The number of halogens is 2. The van der Waals surface area contributed by atoms with Gasteiger partial charge in [-0.05, 0) is 66.5 Å². The monoisotopic (exact) mass is 486 g/mol. The molecule has 1 aliphatic carbocycles. The van der Waals surface area contributed by atoms with Crippen molar-refractivity contribution in [3.05, 3.63) is 64.1 Å². The molecule has 174 valence electrons. The smallest absolute Gasteiger partial charge is 0.308 e. The molecular weight excluding hydrogens is 459 g/mol. The van der Waals surface area contributed by atoms with E-state index >= 15 is 0 Å². The van der Waals surface area contributed by atoms with Crippen molar-refractivity contribution in [1.29, 1.82) is 0 Å². The van der Waals surface area contributed by atoms with Crippen molar-refractivity contribution >= 4 is 52.5 Å². The van der Waals surface area contributed by atoms with Crippen LogP contribution in [-0.2, 0) is 9.53 Å². The van der Waals surface area contributed by atoms with Gasteiger partial charge in [0, 0.05) is 48.5 Å². The number of amidine groups is 1. The number of nitrogens with two attached hydrogens (primary N) is 1. The van der Waals surface area contributed by atoms with Crippen LogP contribution in [0, 0.1) is 11.8 Å². The Balaban J connectivity index is 1.30. The molecule has 2 aromatic carbocycles. The van der Waals surface area contributed by atoms with Crippen molar-refractivity contribution in [2.45, 2.75) is 6.42 Å². The number of anilines is 1. The van der Waals surface area contributed by atoms with Crippen LogP contribution in [0.3, 0.4) is 0 Å². The lowest BCUT2D eigenvalue weighted by molar-refractivity contribution is -0.142. The molecule has 1 heterocycles. The summed E-state index contributed by atoms with van der Waals surface area (Å²) in [6, 6.07) is 13.3. The molecule has 6 nitrogen and oxygen atoms in total. The van der Waals surface area contributed by atoms with Gasteiger partial charge in [-0.3, -0.25) is 9.69 Å². The highest BCUT2D eigenvalue weighted by Crippen LogP contribution is 2.40. The molecule has 2 atom stereocenters. The highest BCUT2D eigenvalue weighted by Gasteiger charge is 2.44. The van der Waals surface area contributed by atoms with E-state index in [0.29, 0.717) is 21.8 Å². The summed E-state index contributed by atoms with van der Waals surface area (Å²) in [6.07, 6.45) is 4.56. The van der Waals surface area contributed by atoms with E-state index in [-0.39, 0.29) is 11.9 Å². The van der Waals surface area contributed by atoms with E-state index in [9.17, 15) is 4.79 Å². The van der Waals surface area contributed by atoms with Crippen LogP contribution in [-0.4, -0.2) is 56.5 Å². The molecule has 2 aliphatic rings. The number of nitrogens with zero attached hydrogens (tertiary/aromatic N) is 3. The molecule has 2 aromatic rings. The van der Waals surface area contributed by atoms with Crippen molar-refractivity contribution in [1.82, 2.24) is 4.90 Å². The maximum absolute atomic E-state index is 11.6. The summed E-state index contributed by atoms with van der Waals surface area (Å²) in [5.41, 5.74) is 8.76. The molecule has 4 rings (SSSR count). The summed E-state index contributed by atoms with van der Waals surface area (Å²) < 4.78 is 4.85. The summed E-state index contributed by atoms with van der Waals surface area (Å²) in [5, 5.41) is 1.33. The van der Waals surface area contributed by atoms with Crippen LogP contribution < -0.4 is 10.6 Å². The molecule has 0 amide bonds. The Labute approximate surface area is 204 Å². The Morgan fingerprint density at radius 3 is 2.55 bits per heavy atom. The number of rotatable bonds is 7. The number of piperazine rings is 1. The van der Waals surface area contributed by atoms with Crippen LogP contribution in [0.25, 0.3) is 6.08 Å². The summed E-state index contributed by atoms with van der Waals surface area (Å²) in [5.74, 6) is 0.858. The largest absolute Gasteiger partial charge is 0.469 e. The fourth-order valence-corrected chi connectivity index (χ4v) is 4.50. The second kappa shape index (κ2) is 10.6. The van der Waals surface area contributed by atoms with Gasteiger partial charge in [0.1, 0.15) is 5.84 Å². The highest BCUT2D eigenvalue weighted by molar-refractivity contribution is 6.32. The topological polar surface area (TPSA) is 71.2 Å². The van der Waals surface area contributed by atoms with Crippen LogP contribution in [0.4, 0.5) is 11.4 Å². The van der Waals surface area contributed by atoms with E-state index in [1.807, 2.05) is 30.3 Å². The maximum atomic E-state index is 11.6. The summed E-state index contributed by atoms with van der Waals surface area (Å²) >= 11 is 12.4. The van der Waals surface area contributed by atoms with Crippen molar-refractivity contribution in [3.8, 4) is 0 Å². The fourth-order valence-electron chi connectivity index (χ4n) is 4.13. The Bertz CT molecular complexity index is 1050. The Morgan fingerprint density at radius 2 is 1.88 bits per heavy atom. The first kappa shape index (κ1) is 23.6. The minimum absolute atomic E-state index is 0.0691. The maximum Gasteiger partial charge on any atom is 0.308 e. The van der Waals surface area contributed by atoms with E-state index in [1.54, 1.807) is 18.2 Å². The van der Waals surface area contributed by atoms with Crippen LogP contribution >= 0.6 is 23.2 Å². The normalized spacial score (nSPS) is 21.4. The van der Waals surface area contributed by atoms with E-state index in [1.165, 1.54) is 7.11 Å². The average molecular weight is 487 g/mol. The van der Waals surface area contributed by atoms with Gasteiger partial charge in [-0.1, -0.05) is 29.3 Å². The zero-order valence-corrected chi connectivity index (χ0v) is 20.1. The molecule has 2 unspecified atom stereocenters. The van der Waals surface area contributed by atoms with Crippen molar-refractivity contribution in [2.24, 2.45) is 22.6 Å². The molecule has 0 spiro atoms. The Hall–Kier alpha value is -2.54. The number of hydrogen-bond acceptors (Lipinski definition) is 5. The molecule has 8 heteroatoms. The van der Waals surface area contributed by atoms with Crippen molar-refractivity contribution < 1.29 is 9.53 Å². The second-order valence-electron chi connectivity index (χ2n) is 8.47. The lowest BCUT2D eigenvalue weighted by atomic mass is 10.1. The molecule has 1 saturated carbocycles. The summed E-state index contributed by atoms with van der Waals surface area (Å²) in [6.45, 7) is 4.78. The third-order valence-electron chi connectivity index (χ3n) is 6.16. The lowest BCUT2D eigenvalue weighted by Crippen LogP contribution is -2.47. The third kappa shape index (κ3) is 6.28. The quantitative estimate of drug-likeness (QED) is 0.351. The predicted octanol–water partition coefficient (Wildman–Crippen LogP) is 4.63. The number of aliphatic imine (C=N–C) groups is 1. The number of carbonyl (C=O) groups is 1. The number of ether oxygens (including phenoxy) is 1.